The van der Waals surface area contributed by atoms with E-state index in [2.05, 4.69) is 4.74 Å². The van der Waals surface area contributed by atoms with Gasteiger partial charge >= 0.3 is 17.9 Å². The molecule has 8 heteroatoms. The second-order valence-corrected chi connectivity index (χ2v) is 8.47. The topological polar surface area (TPSA) is 138 Å². The number of hydrogen-bond acceptors (Lipinski definition) is 5. The molecule has 0 radical (unpaired) electrons. The fourth-order valence-corrected chi connectivity index (χ4v) is 1.41. The van der Waals surface area contributed by atoms with Crippen LogP contribution in [0, 0.1) is 23.7 Å². The molecule has 0 bridgehead atoms. The Kier molecular flexibility index (Phi) is 29.3. The van der Waals surface area contributed by atoms with Gasteiger partial charge < -0.3 is 20.1 Å². The number of rotatable bonds is 11. The van der Waals surface area contributed by atoms with Gasteiger partial charge in [-0.3, -0.25) is 19.2 Å². The number of carboxylic acid groups (broad SMARTS) is 3. The van der Waals surface area contributed by atoms with E-state index in [0.29, 0.717) is 43.7 Å². The molecule has 0 spiro atoms. The fraction of sp³-hybridized carbons (Fsp3) is 0.818. The van der Waals surface area contributed by atoms with Crippen molar-refractivity contribution in [1.82, 2.24) is 0 Å². The maximum absolute atomic E-state index is 9.90. The lowest BCUT2D eigenvalue weighted by Crippen LogP contribution is -1.99. The minimum absolute atomic E-state index is 0.275. The molecule has 0 unspecified atom stereocenters. The highest BCUT2D eigenvalue weighted by Crippen LogP contribution is 2.02. The number of hydrogen-bond donors (Lipinski definition) is 3. The van der Waals surface area contributed by atoms with E-state index in [1.54, 1.807) is 0 Å². The summed E-state index contributed by atoms with van der Waals surface area (Å²) in [5.41, 5.74) is 0. The van der Waals surface area contributed by atoms with Crippen molar-refractivity contribution < 1.29 is 39.2 Å². The number of aliphatic carboxylic acids is 3. The molecule has 0 aromatic rings. The van der Waals surface area contributed by atoms with Crippen molar-refractivity contribution in [2.75, 3.05) is 6.61 Å². The van der Waals surface area contributed by atoms with Gasteiger partial charge in [-0.1, -0.05) is 55.4 Å². The van der Waals surface area contributed by atoms with Crippen molar-refractivity contribution in [3.63, 3.8) is 0 Å². The van der Waals surface area contributed by atoms with Crippen LogP contribution in [0.2, 0.25) is 0 Å². The molecule has 3 N–H and O–H groups in total. The van der Waals surface area contributed by atoms with E-state index in [1.807, 2.05) is 55.4 Å². The van der Waals surface area contributed by atoms with E-state index in [4.69, 9.17) is 15.3 Å². The zero-order valence-electron chi connectivity index (χ0n) is 20.0. The van der Waals surface area contributed by atoms with Crippen LogP contribution in [-0.4, -0.2) is 46.3 Å². The van der Waals surface area contributed by atoms with Crippen LogP contribution in [-0.2, 0) is 23.9 Å². The van der Waals surface area contributed by atoms with Crippen LogP contribution in [0.15, 0.2) is 0 Å². The van der Waals surface area contributed by atoms with Crippen molar-refractivity contribution in [3.8, 4) is 0 Å². The van der Waals surface area contributed by atoms with Gasteiger partial charge in [0.25, 0.3) is 6.47 Å². The van der Waals surface area contributed by atoms with E-state index >= 15 is 0 Å². The van der Waals surface area contributed by atoms with E-state index in [-0.39, 0.29) is 12.3 Å². The van der Waals surface area contributed by atoms with E-state index in [9.17, 15) is 19.2 Å². The van der Waals surface area contributed by atoms with Crippen LogP contribution >= 0.6 is 0 Å². The molecular weight excluding hydrogens is 392 g/mol. The van der Waals surface area contributed by atoms with Crippen LogP contribution in [0.4, 0.5) is 0 Å². The van der Waals surface area contributed by atoms with Crippen molar-refractivity contribution in [1.29, 1.82) is 0 Å². The summed E-state index contributed by atoms with van der Waals surface area (Å²) >= 11 is 0. The Labute approximate surface area is 182 Å². The Morgan fingerprint density at radius 3 is 1.10 bits per heavy atom. The summed E-state index contributed by atoms with van der Waals surface area (Å²) in [7, 11) is 0. The third-order valence-corrected chi connectivity index (χ3v) is 2.95. The Morgan fingerprint density at radius 1 is 0.667 bits per heavy atom. The highest BCUT2D eigenvalue weighted by molar-refractivity contribution is 5.67. The summed E-state index contributed by atoms with van der Waals surface area (Å²) in [6.45, 7) is 16.8. The lowest BCUT2D eigenvalue weighted by molar-refractivity contribution is -0.138. The summed E-state index contributed by atoms with van der Waals surface area (Å²) < 4.78 is 4.41. The minimum atomic E-state index is -0.713. The Bertz CT molecular complexity index is 407. The molecule has 0 rings (SSSR count). The average Bonchev–Trinajstić information content (AvgIpc) is 2.56. The summed E-state index contributed by atoms with van der Waals surface area (Å²) in [5, 5.41) is 24.4. The van der Waals surface area contributed by atoms with Crippen LogP contribution in [0.5, 0.6) is 0 Å². The van der Waals surface area contributed by atoms with Gasteiger partial charge in [0.2, 0.25) is 0 Å². The summed E-state index contributed by atoms with van der Waals surface area (Å²) in [6, 6.07) is 0. The number of ether oxygens (including phenoxy) is 1. The normalized spacial score (nSPS) is 9.60. The van der Waals surface area contributed by atoms with Gasteiger partial charge in [0, 0.05) is 19.3 Å². The fourth-order valence-electron chi connectivity index (χ4n) is 1.41. The highest BCUT2D eigenvalue weighted by Gasteiger charge is 1.99. The van der Waals surface area contributed by atoms with Gasteiger partial charge in [0.15, 0.2) is 0 Å². The summed E-state index contributed by atoms with van der Waals surface area (Å²) in [5.74, 6) is -0.368. The Morgan fingerprint density at radius 2 is 1.03 bits per heavy atom. The summed E-state index contributed by atoms with van der Waals surface area (Å²) in [6.07, 6.45) is 2.46. The van der Waals surface area contributed by atoms with E-state index in [0.717, 1.165) is 12.8 Å². The second-order valence-electron chi connectivity index (χ2n) is 8.47. The van der Waals surface area contributed by atoms with Crippen molar-refractivity contribution in [3.05, 3.63) is 0 Å². The summed E-state index contributed by atoms with van der Waals surface area (Å²) in [4.78, 5) is 39.1. The third-order valence-electron chi connectivity index (χ3n) is 2.95. The molecule has 8 nitrogen and oxygen atoms in total. The Hall–Kier alpha value is -2.12. The molecular formula is C22H44O8. The molecule has 0 aliphatic rings. The number of carboxylic acids is 3. The first-order chi connectivity index (χ1) is 13.6. The monoisotopic (exact) mass is 436 g/mol. The first kappa shape index (κ1) is 35.3. The maximum atomic E-state index is 9.90. The molecule has 0 aliphatic heterocycles. The molecule has 0 amide bonds. The molecule has 0 aromatic heterocycles. The van der Waals surface area contributed by atoms with Gasteiger partial charge in [-0.05, 0) is 36.5 Å². The zero-order chi connectivity index (χ0) is 24.7. The van der Waals surface area contributed by atoms with E-state index < -0.39 is 17.9 Å². The van der Waals surface area contributed by atoms with Crippen LogP contribution < -0.4 is 0 Å². The molecule has 0 aliphatic carbocycles. The minimum Gasteiger partial charge on any atom is -0.481 e. The maximum Gasteiger partial charge on any atom is 0.303 e. The van der Waals surface area contributed by atoms with Gasteiger partial charge in [-0.15, -0.1) is 0 Å². The van der Waals surface area contributed by atoms with E-state index in [1.165, 1.54) is 0 Å². The molecule has 0 saturated heterocycles. The second kappa shape index (κ2) is 24.9. The highest BCUT2D eigenvalue weighted by atomic mass is 16.5. The van der Waals surface area contributed by atoms with Gasteiger partial charge in [-0.25, -0.2) is 0 Å². The molecule has 0 fully saturated rings. The van der Waals surface area contributed by atoms with Crippen molar-refractivity contribution in [2.45, 2.75) is 87.5 Å². The first-order valence-corrected chi connectivity index (χ1v) is 10.4. The van der Waals surface area contributed by atoms with Crippen LogP contribution in [0.1, 0.15) is 87.5 Å². The van der Waals surface area contributed by atoms with Crippen molar-refractivity contribution in [2.24, 2.45) is 23.7 Å². The molecule has 0 heterocycles. The number of carbonyl (C=O) groups excluding carboxylic acids is 1. The average molecular weight is 437 g/mol. The molecule has 30 heavy (non-hydrogen) atoms. The van der Waals surface area contributed by atoms with Gasteiger partial charge in [0.1, 0.15) is 0 Å². The quantitative estimate of drug-likeness (QED) is 0.387. The smallest absolute Gasteiger partial charge is 0.303 e. The molecule has 0 aromatic carbocycles. The zero-order valence-corrected chi connectivity index (χ0v) is 20.0. The van der Waals surface area contributed by atoms with Gasteiger partial charge in [0.05, 0.1) is 6.61 Å². The molecule has 0 atom stereocenters. The lowest BCUT2D eigenvalue weighted by atomic mass is 10.1. The Balaban J connectivity index is -0.000000151. The number of carbonyl (C=O) groups is 4. The van der Waals surface area contributed by atoms with Gasteiger partial charge in [-0.2, -0.15) is 0 Å². The third kappa shape index (κ3) is 63.5. The van der Waals surface area contributed by atoms with Crippen LogP contribution in [0.3, 0.4) is 0 Å². The predicted molar refractivity (Wildman–Crippen MR) is 117 cm³/mol. The first-order valence-electron chi connectivity index (χ1n) is 10.4. The lowest BCUT2D eigenvalue weighted by Gasteiger charge is -1.98. The SMILES string of the molecule is CC(C)CC(=O)O.CC(C)CCC(=O)O.CC(C)CCC(=O)O.CC(C)COC=O. The van der Waals surface area contributed by atoms with Crippen LogP contribution in [0.25, 0.3) is 0 Å². The van der Waals surface area contributed by atoms with Crippen molar-refractivity contribution >= 4 is 24.4 Å². The predicted octanol–water partition coefficient (Wildman–Crippen LogP) is 4.95. The largest absolute Gasteiger partial charge is 0.481 e. The standard InChI is InChI=1S/2C6H12O2.2C5H10O2/c2*1-5(2)3-4-6(7)8;1-5(2)3-7-4-6;1-4(2)3-5(6)7/h2*5H,3-4H2,1-2H3,(H,7,8);4-5H,3H2,1-2H3;4H,3H2,1-2H3,(H,6,7). The molecule has 0 saturated carbocycles. The molecule has 180 valence electrons.